The highest BCUT2D eigenvalue weighted by Crippen LogP contribution is 2.26. The lowest BCUT2D eigenvalue weighted by Crippen LogP contribution is -1.84. The van der Waals surface area contributed by atoms with Crippen LogP contribution in [-0.2, 0) is 0 Å². The average molecular weight is 352 g/mol. The summed E-state index contributed by atoms with van der Waals surface area (Å²) in [6.45, 7) is 0. The summed E-state index contributed by atoms with van der Waals surface area (Å²) < 4.78 is 6.72. The summed E-state index contributed by atoms with van der Waals surface area (Å²) in [6.07, 6.45) is 0. The molecule has 0 aliphatic carbocycles. The molecule has 0 atom stereocenters. The first-order valence-corrected chi connectivity index (χ1v) is 7.54. The van der Waals surface area contributed by atoms with Gasteiger partial charge in [-0.3, -0.25) is 0 Å². The summed E-state index contributed by atoms with van der Waals surface area (Å²) in [5, 5.41) is 9.29. The van der Waals surface area contributed by atoms with Crippen molar-refractivity contribution < 1.29 is 4.42 Å². The maximum absolute atomic E-state index is 5.75. The van der Waals surface area contributed by atoms with E-state index in [1.807, 2.05) is 60.7 Å². The van der Waals surface area contributed by atoms with Crippen molar-refractivity contribution >= 4 is 26.8 Å². The molecule has 0 N–H and O–H groups in total. The molecule has 2 aromatic heterocycles. The summed E-state index contributed by atoms with van der Waals surface area (Å²) in [5.41, 5.74) is 2.45. The van der Waals surface area contributed by atoms with E-state index < -0.39 is 0 Å². The maximum Gasteiger partial charge on any atom is 0.266 e. The SMILES string of the molecule is Brc1cccc(-c2nnc(-c3ccc4ccccc4n3)o2)c1. The fourth-order valence-electron chi connectivity index (χ4n) is 2.25. The van der Waals surface area contributed by atoms with Crippen LogP contribution in [0.15, 0.2) is 69.6 Å². The highest BCUT2D eigenvalue weighted by atomic mass is 79.9. The van der Waals surface area contributed by atoms with Gasteiger partial charge < -0.3 is 4.42 Å². The molecule has 4 nitrogen and oxygen atoms in total. The van der Waals surface area contributed by atoms with Gasteiger partial charge in [-0.05, 0) is 30.3 Å². The van der Waals surface area contributed by atoms with Gasteiger partial charge in [0.25, 0.3) is 5.89 Å². The number of fused-ring (bicyclic) bond motifs is 1. The standard InChI is InChI=1S/C17H10BrN3O/c18-13-6-3-5-12(10-13)16-20-21-17(22-16)15-9-8-11-4-1-2-7-14(11)19-15/h1-10H. The Hall–Kier alpha value is -2.53. The van der Waals surface area contributed by atoms with Crippen LogP contribution >= 0.6 is 15.9 Å². The lowest BCUT2D eigenvalue weighted by Gasteiger charge is -1.98. The number of benzene rings is 2. The highest BCUT2D eigenvalue weighted by Gasteiger charge is 2.12. The molecule has 2 aromatic carbocycles. The molecule has 0 aliphatic heterocycles. The smallest absolute Gasteiger partial charge is 0.266 e. The van der Waals surface area contributed by atoms with Gasteiger partial charge in [-0.2, -0.15) is 0 Å². The predicted molar refractivity (Wildman–Crippen MR) is 88.2 cm³/mol. The first kappa shape index (κ1) is 13.2. The van der Waals surface area contributed by atoms with Crippen LogP contribution in [0.2, 0.25) is 0 Å². The van der Waals surface area contributed by atoms with Gasteiger partial charge in [-0.1, -0.05) is 46.3 Å². The van der Waals surface area contributed by atoms with Gasteiger partial charge in [0.2, 0.25) is 5.89 Å². The van der Waals surface area contributed by atoms with Crippen molar-refractivity contribution in [3.8, 4) is 23.0 Å². The number of hydrogen-bond donors (Lipinski definition) is 0. The first-order valence-electron chi connectivity index (χ1n) is 6.75. The molecular weight excluding hydrogens is 342 g/mol. The zero-order valence-corrected chi connectivity index (χ0v) is 13.0. The van der Waals surface area contributed by atoms with Gasteiger partial charge >= 0.3 is 0 Å². The monoisotopic (exact) mass is 351 g/mol. The van der Waals surface area contributed by atoms with Gasteiger partial charge in [0.05, 0.1) is 5.52 Å². The third-order valence-corrected chi connectivity index (χ3v) is 3.81. The van der Waals surface area contributed by atoms with Crippen molar-refractivity contribution in [2.24, 2.45) is 0 Å². The van der Waals surface area contributed by atoms with Crippen LogP contribution in [0.25, 0.3) is 33.9 Å². The van der Waals surface area contributed by atoms with E-state index in [0.717, 1.165) is 20.9 Å². The minimum absolute atomic E-state index is 0.417. The molecule has 0 spiro atoms. The summed E-state index contributed by atoms with van der Waals surface area (Å²) in [6, 6.07) is 19.6. The van der Waals surface area contributed by atoms with Crippen LogP contribution < -0.4 is 0 Å². The van der Waals surface area contributed by atoms with E-state index in [1.165, 1.54) is 0 Å². The molecule has 0 saturated carbocycles. The lowest BCUT2D eigenvalue weighted by atomic mass is 10.2. The molecule has 0 aliphatic rings. The number of halogens is 1. The number of hydrogen-bond acceptors (Lipinski definition) is 4. The molecule has 22 heavy (non-hydrogen) atoms. The first-order chi connectivity index (χ1) is 10.8. The predicted octanol–water partition coefficient (Wildman–Crippen LogP) is 4.71. The molecule has 0 bridgehead atoms. The molecular formula is C17H10BrN3O. The van der Waals surface area contributed by atoms with Crippen molar-refractivity contribution in [2.75, 3.05) is 0 Å². The number of aromatic nitrogens is 3. The van der Waals surface area contributed by atoms with Crippen molar-refractivity contribution in [3.05, 3.63) is 65.1 Å². The Morgan fingerprint density at radius 1 is 0.818 bits per heavy atom. The average Bonchev–Trinajstić information content (AvgIpc) is 3.04. The van der Waals surface area contributed by atoms with E-state index in [4.69, 9.17) is 4.42 Å². The van der Waals surface area contributed by atoms with Crippen LogP contribution in [-0.4, -0.2) is 15.2 Å². The number of pyridine rings is 1. The quantitative estimate of drug-likeness (QED) is 0.524. The summed E-state index contributed by atoms with van der Waals surface area (Å²) >= 11 is 3.44. The van der Waals surface area contributed by atoms with Crippen molar-refractivity contribution in [2.45, 2.75) is 0 Å². The van der Waals surface area contributed by atoms with Gasteiger partial charge in [0, 0.05) is 15.4 Å². The minimum Gasteiger partial charge on any atom is -0.415 e. The van der Waals surface area contributed by atoms with E-state index in [2.05, 4.69) is 31.1 Å². The Balaban J connectivity index is 1.76. The molecule has 2 heterocycles. The number of rotatable bonds is 2. The lowest BCUT2D eigenvalue weighted by molar-refractivity contribution is 0.582. The molecule has 0 saturated heterocycles. The molecule has 106 valence electrons. The largest absolute Gasteiger partial charge is 0.415 e. The second-order valence-electron chi connectivity index (χ2n) is 4.81. The van der Waals surface area contributed by atoms with Crippen LogP contribution in [0, 0.1) is 0 Å². The van der Waals surface area contributed by atoms with Gasteiger partial charge in [-0.25, -0.2) is 4.98 Å². The normalized spacial score (nSPS) is 11.0. The number of para-hydroxylation sites is 1. The van der Waals surface area contributed by atoms with Crippen molar-refractivity contribution in [3.63, 3.8) is 0 Å². The molecule has 0 unspecified atom stereocenters. The van der Waals surface area contributed by atoms with Gasteiger partial charge in [0.1, 0.15) is 5.69 Å². The fraction of sp³-hybridized carbons (Fsp3) is 0. The van der Waals surface area contributed by atoms with Crippen molar-refractivity contribution in [1.82, 2.24) is 15.2 Å². The van der Waals surface area contributed by atoms with Crippen LogP contribution in [0.1, 0.15) is 0 Å². The van der Waals surface area contributed by atoms with E-state index in [1.54, 1.807) is 0 Å². The Bertz CT molecular complexity index is 965. The Morgan fingerprint density at radius 3 is 2.59 bits per heavy atom. The summed E-state index contributed by atoms with van der Waals surface area (Å²) in [7, 11) is 0. The van der Waals surface area contributed by atoms with Gasteiger partial charge in [0.15, 0.2) is 0 Å². The van der Waals surface area contributed by atoms with Gasteiger partial charge in [-0.15, -0.1) is 10.2 Å². The highest BCUT2D eigenvalue weighted by molar-refractivity contribution is 9.10. The zero-order valence-electron chi connectivity index (χ0n) is 11.4. The topological polar surface area (TPSA) is 51.8 Å². The summed E-state index contributed by atoms with van der Waals surface area (Å²) in [5.74, 6) is 0.895. The van der Waals surface area contributed by atoms with Crippen LogP contribution in [0.5, 0.6) is 0 Å². The zero-order chi connectivity index (χ0) is 14.9. The Labute approximate surface area is 135 Å². The van der Waals surface area contributed by atoms with E-state index in [-0.39, 0.29) is 0 Å². The third-order valence-electron chi connectivity index (χ3n) is 3.31. The Morgan fingerprint density at radius 2 is 1.68 bits per heavy atom. The summed E-state index contributed by atoms with van der Waals surface area (Å²) in [4.78, 5) is 4.56. The molecule has 0 amide bonds. The van der Waals surface area contributed by atoms with Crippen molar-refractivity contribution in [1.29, 1.82) is 0 Å². The number of nitrogens with zero attached hydrogens (tertiary/aromatic N) is 3. The van der Waals surface area contributed by atoms with Crippen LogP contribution in [0.3, 0.4) is 0 Å². The molecule has 5 heteroatoms. The fourth-order valence-corrected chi connectivity index (χ4v) is 2.65. The third kappa shape index (κ3) is 2.40. The second kappa shape index (κ2) is 5.35. The molecule has 0 fully saturated rings. The van der Waals surface area contributed by atoms with E-state index in [9.17, 15) is 0 Å². The molecule has 4 aromatic rings. The maximum atomic E-state index is 5.75. The molecule has 0 radical (unpaired) electrons. The minimum atomic E-state index is 0.417. The Kier molecular flexibility index (Phi) is 3.20. The molecule has 4 rings (SSSR count). The van der Waals surface area contributed by atoms with E-state index >= 15 is 0 Å². The van der Waals surface area contributed by atoms with Crippen LogP contribution in [0.4, 0.5) is 0 Å². The van der Waals surface area contributed by atoms with E-state index in [0.29, 0.717) is 17.5 Å². The second-order valence-corrected chi connectivity index (χ2v) is 5.73.